The maximum Gasteiger partial charge on any atom is 0.265 e. The van der Waals surface area contributed by atoms with Gasteiger partial charge in [0.2, 0.25) is 6.79 Å². The average Bonchev–Trinajstić information content (AvgIpc) is 3.43. The van der Waals surface area contributed by atoms with Crippen molar-refractivity contribution in [1.29, 1.82) is 0 Å². The summed E-state index contributed by atoms with van der Waals surface area (Å²) in [4.78, 5) is 12.7. The molecule has 0 radical (unpaired) electrons. The number of sulfonamides is 1. The number of halogens is 1. The molecule has 3 heterocycles. The zero-order valence-electron chi connectivity index (χ0n) is 16.3. The van der Waals surface area contributed by atoms with Crippen LogP contribution in [0.1, 0.15) is 26.5 Å². The molecular formula is C18H15ClN2O6S2. The van der Waals surface area contributed by atoms with Gasteiger partial charge in [-0.3, -0.25) is 4.79 Å². The van der Waals surface area contributed by atoms with E-state index in [9.17, 15) is 13.2 Å². The van der Waals surface area contributed by atoms with Crippen LogP contribution in [0, 0.1) is 13.8 Å². The van der Waals surface area contributed by atoms with Crippen LogP contribution < -0.4 is 14.2 Å². The van der Waals surface area contributed by atoms with Crippen LogP contribution in [-0.2, 0) is 16.4 Å². The van der Waals surface area contributed by atoms with Crippen molar-refractivity contribution in [3.05, 3.63) is 50.3 Å². The Hall–Kier alpha value is -2.56. The highest BCUT2D eigenvalue weighted by atomic mass is 35.5. The molecule has 11 heteroatoms. The van der Waals surface area contributed by atoms with Gasteiger partial charge in [0, 0.05) is 6.42 Å². The Morgan fingerprint density at radius 2 is 2.07 bits per heavy atom. The molecule has 1 aliphatic rings. The number of aromatic nitrogens is 1. The summed E-state index contributed by atoms with van der Waals surface area (Å²) in [6.45, 7) is 3.46. The number of hydrogen-bond acceptors (Lipinski definition) is 8. The summed E-state index contributed by atoms with van der Waals surface area (Å²) < 4.78 is 49.6. The summed E-state index contributed by atoms with van der Waals surface area (Å²) in [5.74, 6) is 0.298. The number of Topliss-reactive ketones (excluding diaryl/α,β-unsaturated/α-hetero) is 1. The summed E-state index contributed by atoms with van der Waals surface area (Å²) in [6, 6.07) is 4.76. The number of ketones is 1. The number of nitrogens with zero attached hydrogens (tertiary/aromatic N) is 1. The third kappa shape index (κ3) is 3.70. The Kier molecular flexibility index (Phi) is 4.69. The van der Waals surface area contributed by atoms with Gasteiger partial charge in [0.05, 0.1) is 4.88 Å². The maximum atomic E-state index is 13.0. The first-order valence-corrected chi connectivity index (χ1v) is 11.1. The first-order valence-electron chi connectivity index (χ1n) is 8.80. The van der Waals surface area contributed by atoms with Crippen molar-refractivity contribution in [2.45, 2.75) is 25.2 Å². The van der Waals surface area contributed by atoms with E-state index < -0.39 is 21.7 Å². The second kappa shape index (κ2) is 7.36. The molecule has 0 bridgehead atoms. The monoisotopic (exact) mass is 455 g/mol. The zero-order chi connectivity index (χ0) is 21.6. The van der Waals surface area contributed by atoms with E-state index in [1.807, 2.05) is 6.92 Å². The van der Waals surface area contributed by atoms with Crippen LogP contribution in [0.3, 0.4) is 0 Å². The van der Waals surface area contributed by atoms with Gasteiger partial charge in [0.15, 0.2) is 18.7 Å². The Labute approximate surface area is 176 Å². The number of rotatable bonds is 6. The largest absolute Gasteiger partial charge is 0.454 e. The smallest absolute Gasteiger partial charge is 0.265 e. The highest BCUT2D eigenvalue weighted by Crippen LogP contribution is 2.36. The summed E-state index contributed by atoms with van der Waals surface area (Å²) in [5, 5.41) is 4.95. The minimum absolute atomic E-state index is 0.0108. The number of hydrogen-bond donors (Lipinski definition) is 1. The number of thiophene rings is 1. The molecule has 0 atom stereocenters. The lowest BCUT2D eigenvalue weighted by Gasteiger charge is -2.09. The summed E-state index contributed by atoms with van der Waals surface area (Å²) >= 11 is 6.96. The topological polar surface area (TPSA) is 108 Å². The van der Waals surface area contributed by atoms with E-state index >= 15 is 0 Å². The van der Waals surface area contributed by atoms with Crippen molar-refractivity contribution in [3.63, 3.8) is 0 Å². The van der Waals surface area contributed by atoms with E-state index in [0.29, 0.717) is 17.1 Å². The Morgan fingerprint density at radius 3 is 2.76 bits per heavy atom. The number of fused-ring (bicyclic) bond motifs is 1. The number of carbonyl (C=O) groups is 1. The average molecular weight is 456 g/mol. The van der Waals surface area contributed by atoms with Gasteiger partial charge in [0.1, 0.15) is 15.6 Å². The first-order chi connectivity index (χ1) is 14.2. The van der Waals surface area contributed by atoms with Gasteiger partial charge < -0.3 is 14.0 Å². The molecule has 1 aliphatic heterocycles. The van der Waals surface area contributed by atoms with Gasteiger partial charge in [-0.15, -0.1) is 11.3 Å². The van der Waals surface area contributed by atoms with E-state index in [2.05, 4.69) is 5.16 Å². The SMILES string of the molecule is [2H]N(c1onc(C)c1Cl)S(=O)(=O)c1ccsc1C(=O)Cc1cc2c(cc1C)OCO2. The number of anilines is 1. The fourth-order valence-electron chi connectivity index (χ4n) is 2.79. The molecule has 0 unspecified atom stereocenters. The molecule has 1 aromatic carbocycles. The molecule has 8 nitrogen and oxygen atoms in total. The summed E-state index contributed by atoms with van der Waals surface area (Å²) in [5.41, 5.74) is 1.76. The number of carbonyl (C=O) groups excluding carboxylic acids is 1. The van der Waals surface area contributed by atoms with Crippen molar-refractivity contribution < 1.29 is 28.6 Å². The second-order valence-electron chi connectivity index (χ2n) is 6.30. The van der Waals surface area contributed by atoms with Crippen molar-refractivity contribution in [1.82, 2.24) is 5.16 Å². The van der Waals surface area contributed by atoms with Crippen molar-refractivity contribution in [3.8, 4) is 11.5 Å². The van der Waals surface area contributed by atoms with Crippen LogP contribution in [0.4, 0.5) is 5.88 Å². The third-order valence-corrected chi connectivity index (χ3v) is 7.14. The maximum absolute atomic E-state index is 13.0. The van der Waals surface area contributed by atoms with Crippen LogP contribution in [-0.4, -0.2) is 26.2 Å². The molecule has 4 rings (SSSR count). The molecule has 1 N–H and O–H groups in total. The number of benzene rings is 1. The Morgan fingerprint density at radius 1 is 1.34 bits per heavy atom. The summed E-state index contributed by atoms with van der Waals surface area (Å²) in [6.07, 6.45) is -0.0360. The molecule has 0 saturated heterocycles. The van der Waals surface area contributed by atoms with Crippen LogP contribution in [0.5, 0.6) is 11.5 Å². The predicted molar refractivity (Wildman–Crippen MR) is 107 cm³/mol. The van der Waals surface area contributed by atoms with Crippen molar-refractivity contribution in [2.24, 2.45) is 0 Å². The molecule has 0 fully saturated rings. The van der Waals surface area contributed by atoms with Gasteiger partial charge in [-0.2, -0.15) is 0 Å². The molecule has 0 aliphatic carbocycles. The van der Waals surface area contributed by atoms with Gasteiger partial charge in [-0.1, -0.05) is 16.8 Å². The van der Waals surface area contributed by atoms with E-state index in [-0.39, 0.29) is 38.4 Å². The molecule has 0 amide bonds. The number of aryl methyl sites for hydroxylation is 2. The lowest BCUT2D eigenvalue weighted by Crippen LogP contribution is -2.16. The van der Waals surface area contributed by atoms with Gasteiger partial charge in [0.25, 0.3) is 15.9 Å². The molecule has 0 saturated carbocycles. The zero-order valence-corrected chi connectivity index (χ0v) is 17.7. The molecular weight excluding hydrogens is 440 g/mol. The third-order valence-electron chi connectivity index (χ3n) is 4.32. The van der Waals surface area contributed by atoms with E-state index in [4.69, 9.17) is 27.0 Å². The Bertz CT molecular complexity index is 1250. The minimum atomic E-state index is -4.42. The van der Waals surface area contributed by atoms with E-state index in [1.165, 1.54) is 18.4 Å². The lowest BCUT2D eigenvalue weighted by atomic mass is 10.0. The fourth-order valence-corrected chi connectivity index (χ4v) is 5.26. The molecule has 0 spiro atoms. The Balaban J connectivity index is 1.64. The standard InChI is InChI=1S/C18H15ClN2O6S2/c1-9-5-13-14(26-8-25-13)7-11(9)6-12(22)17-15(3-4-28-17)29(23,24)21-18-16(19)10(2)20-27-18/h3-5,7,21H,6,8H2,1-2H3/i/hD. The molecule has 3 aromatic rings. The van der Waals surface area contributed by atoms with Gasteiger partial charge >= 0.3 is 0 Å². The second-order valence-corrected chi connectivity index (χ2v) is 9.17. The van der Waals surface area contributed by atoms with E-state index in [0.717, 1.165) is 16.9 Å². The summed E-state index contributed by atoms with van der Waals surface area (Å²) in [7, 11) is -4.42. The van der Waals surface area contributed by atoms with Crippen LogP contribution >= 0.6 is 22.9 Å². The van der Waals surface area contributed by atoms with Crippen LogP contribution in [0.15, 0.2) is 33.0 Å². The van der Waals surface area contributed by atoms with Crippen molar-refractivity contribution in [2.75, 3.05) is 11.5 Å². The lowest BCUT2D eigenvalue weighted by molar-refractivity contribution is 0.0994. The normalized spacial score (nSPS) is 13.4. The first kappa shape index (κ1) is 18.5. The van der Waals surface area contributed by atoms with Crippen molar-refractivity contribution >= 4 is 44.6 Å². The number of nitrogens with one attached hydrogen (secondary N) is 1. The molecule has 152 valence electrons. The van der Waals surface area contributed by atoms with E-state index in [1.54, 1.807) is 12.1 Å². The highest BCUT2D eigenvalue weighted by molar-refractivity contribution is 7.93. The molecule has 2 aromatic heterocycles. The van der Waals surface area contributed by atoms with Crippen LogP contribution in [0.2, 0.25) is 6.43 Å². The predicted octanol–water partition coefficient (Wildman–Crippen LogP) is 3.96. The highest BCUT2D eigenvalue weighted by Gasteiger charge is 2.27. The minimum Gasteiger partial charge on any atom is -0.454 e. The van der Waals surface area contributed by atoms with Crippen LogP contribution in [0.25, 0.3) is 0 Å². The fraction of sp³-hybridized carbons (Fsp3) is 0.222. The van der Waals surface area contributed by atoms with Gasteiger partial charge in [-0.25, -0.2) is 13.1 Å². The van der Waals surface area contributed by atoms with Gasteiger partial charge in [-0.05, 0) is 48.6 Å². The number of ether oxygens (including phenoxy) is 2. The molecule has 29 heavy (non-hydrogen) atoms. The quantitative estimate of drug-likeness (QED) is 0.560.